The summed E-state index contributed by atoms with van der Waals surface area (Å²) in [5, 5.41) is 0. The van der Waals surface area contributed by atoms with Crippen molar-refractivity contribution in [3.05, 3.63) is 46.3 Å². The van der Waals surface area contributed by atoms with Gasteiger partial charge in [-0.2, -0.15) is 0 Å². The normalized spacial score (nSPS) is 10.7. The summed E-state index contributed by atoms with van der Waals surface area (Å²) >= 11 is 0. The second-order valence-corrected chi connectivity index (χ2v) is 3.91. The molecule has 2 aromatic heterocycles. The van der Waals surface area contributed by atoms with E-state index in [4.69, 9.17) is 4.42 Å². The van der Waals surface area contributed by atoms with Crippen molar-refractivity contribution in [3.8, 4) is 0 Å². The van der Waals surface area contributed by atoms with Crippen molar-refractivity contribution in [3.63, 3.8) is 0 Å². The Labute approximate surface area is 99.1 Å². The lowest BCUT2D eigenvalue weighted by Gasteiger charge is -2.01. The van der Waals surface area contributed by atoms with Crippen molar-refractivity contribution in [1.82, 2.24) is 14.5 Å². The highest BCUT2D eigenvalue weighted by atomic mass is 16.4. The second-order valence-electron chi connectivity index (χ2n) is 3.91. The van der Waals surface area contributed by atoms with Crippen LogP contribution in [0.15, 0.2) is 27.8 Å². The van der Waals surface area contributed by atoms with Crippen LogP contribution in [-0.2, 0) is 13.0 Å². The Balaban J connectivity index is 2.24. The average molecular weight is 233 g/mol. The fraction of sp³-hybridized carbons (Fsp3) is 0.417. The van der Waals surface area contributed by atoms with E-state index in [9.17, 15) is 4.79 Å². The molecule has 90 valence electrons. The van der Waals surface area contributed by atoms with Gasteiger partial charge in [-0.1, -0.05) is 6.92 Å². The fourth-order valence-electron chi connectivity index (χ4n) is 1.61. The molecule has 0 atom stereocenters. The molecule has 0 fully saturated rings. The Kier molecular flexibility index (Phi) is 3.37. The van der Waals surface area contributed by atoms with Gasteiger partial charge in [-0.25, -0.2) is 4.98 Å². The van der Waals surface area contributed by atoms with Crippen molar-refractivity contribution >= 4 is 0 Å². The molecule has 0 radical (unpaired) electrons. The molecule has 0 saturated heterocycles. The number of rotatable bonds is 4. The molecule has 0 unspecified atom stereocenters. The summed E-state index contributed by atoms with van der Waals surface area (Å²) in [5.41, 5.74) is 0.706. The van der Waals surface area contributed by atoms with Crippen LogP contribution in [0.4, 0.5) is 0 Å². The summed E-state index contributed by atoms with van der Waals surface area (Å²) in [6, 6.07) is 0. The van der Waals surface area contributed by atoms with Gasteiger partial charge in [-0.3, -0.25) is 9.78 Å². The molecule has 0 N–H and O–H groups in total. The smallest absolute Gasteiger partial charge is 0.269 e. The largest absolute Gasteiger partial charge is 0.444 e. The molecule has 2 rings (SSSR count). The van der Waals surface area contributed by atoms with Crippen LogP contribution in [0.2, 0.25) is 0 Å². The van der Waals surface area contributed by atoms with Crippen LogP contribution in [0.5, 0.6) is 0 Å². The van der Waals surface area contributed by atoms with Gasteiger partial charge in [0.2, 0.25) is 0 Å². The van der Waals surface area contributed by atoms with Crippen LogP contribution < -0.4 is 5.56 Å². The first-order valence-electron chi connectivity index (χ1n) is 5.66. The standard InChI is InChI=1S/C12H15N3O2/c1-3-4-11-14-9(2)10(17-11)8-15-6-5-13-7-12(15)16/h5-7H,3-4,8H2,1-2H3. The summed E-state index contributed by atoms with van der Waals surface area (Å²) < 4.78 is 7.17. The molecule has 0 aromatic carbocycles. The van der Waals surface area contributed by atoms with Gasteiger partial charge in [-0.15, -0.1) is 0 Å². The minimum atomic E-state index is -0.139. The van der Waals surface area contributed by atoms with E-state index in [-0.39, 0.29) is 5.56 Å². The second kappa shape index (κ2) is 4.95. The zero-order valence-electron chi connectivity index (χ0n) is 10.0. The van der Waals surface area contributed by atoms with E-state index in [1.54, 1.807) is 17.0 Å². The van der Waals surface area contributed by atoms with Crippen molar-refractivity contribution in [2.45, 2.75) is 33.2 Å². The molecule has 17 heavy (non-hydrogen) atoms. The minimum absolute atomic E-state index is 0.139. The highest BCUT2D eigenvalue weighted by molar-refractivity contribution is 5.08. The third-order valence-electron chi connectivity index (χ3n) is 2.52. The molecule has 5 heteroatoms. The van der Waals surface area contributed by atoms with Gasteiger partial charge in [0.15, 0.2) is 5.89 Å². The topological polar surface area (TPSA) is 60.9 Å². The average Bonchev–Trinajstić information content (AvgIpc) is 2.63. The zero-order valence-corrected chi connectivity index (χ0v) is 10.0. The summed E-state index contributed by atoms with van der Waals surface area (Å²) in [6.45, 7) is 4.38. The zero-order chi connectivity index (χ0) is 12.3. The first-order valence-corrected chi connectivity index (χ1v) is 5.66. The van der Waals surface area contributed by atoms with Crippen LogP contribution in [0, 0.1) is 6.92 Å². The number of hydrogen-bond donors (Lipinski definition) is 0. The maximum Gasteiger partial charge on any atom is 0.269 e. The van der Waals surface area contributed by atoms with E-state index < -0.39 is 0 Å². The van der Waals surface area contributed by atoms with Crippen LogP contribution in [0.25, 0.3) is 0 Å². The van der Waals surface area contributed by atoms with Crippen LogP contribution in [0.1, 0.15) is 30.7 Å². The Hall–Kier alpha value is -1.91. The molecule has 2 heterocycles. The molecule has 0 aliphatic rings. The molecule has 2 aromatic rings. The molecule has 0 aliphatic carbocycles. The van der Waals surface area contributed by atoms with E-state index in [1.807, 2.05) is 6.92 Å². The lowest BCUT2D eigenvalue weighted by Crippen LogP contribution is -2.19. The van der Waals surface area contributed by atoms with Crippen LogP contribution in [-0.4, -0.2) is 14.5 Å². The van der Waals surface area contributed by atoms with Gasteiger partial charge in [0, 0.05) is 18.8 Å². The Bertz CT molecular complexity index is 557. The third-order valence-corrected chi connectivity index (χ3v) is 2.52. The molecular weight excluding hydrogens is 218 g/mol. The van der Waals surface area contributed by atoms with Crippen molar-refractivity contribution < 1.29 is 4.42 Å². The molecular formula is C12H15N3O2. The molecule has 5 nitrogen and oxygen atoms in total. The lowest BCUT2D eigenvalue weighted by atomic mass is 10.3. The monoisotopic (exact) mass is 233 g/mol. The number of aromatic nitrogens is 3. The molecule has 0 aliphatic heterocycles. The van der Waals surface area contributed by atoms with E-state index in [2.05, 4.69) is 16.9 Å². The summed E-state index contributed by atoms with van der Waals surface area (Å²) in [6.07, 6.45) is 6.34. The number of oxazole rings is 1. The Morgan fingerprint density at radius 1 is 1.47 bits per heavy atom. The first kappa shape index (κ1) is 11.6. The fourth-order valence-corrected chi connectivity index (χ4v) is 1.61. The summed E-state index contributed by atoms with van der Waals surface area (Å²) in [7, 11) is 0. The van der Waals surface area contributed by atoms with Crippen LogP contribution in [0.3, 0.4) is 0 Å². The lowest BCUT2D eigenvalue weighted by molar-refractivity contribution is 0.439. The minimum Gasteiger partial charge on any atom is -0.444 e. The van der Waals surface area contributed by atoms with Gasteiger partial charge < -0.3 is 8.98 Å². The molecule has 0 amide bonds. The van der Waals surface area contributed by atoms with Gasteiger partial charge in [-0.05, 0) is 13.3 Å². The quantitative estimate of drug-likeness (QED) is 0.803. The Morgan fingerprint density at radius 3 is 3.00 bits per heavy atom. The maximum absolute atomic E-state index is 11.5. The maximum atomic E-state index is 11.5. The van der Waals surface area contributed by atoms with E-state index >= 15 is 0 Å². The van der Waals surface area contributed by atoms with E-state index in [0.29, 0.717) is 6.54 Å². The SMILES string of the molecule is CCCc1nc(C)c(Cn2ccncc2=O)o1. The van der Waals surface area contributed by atoms with Gasteiger partial charge in [0.05, 0.1) is 18.4 Å². The van der Waals surface area contributed by atoms with Crippen molar-refractivity contribution in [2.24, 2.45) is 0 Å². The molecule has 0 saturated carbocycles. The third kappa shape index (κ3) is 2.61. The van der Waals surface area contributed by atoms with Gasteiger partial charge in [0.25, 0.3) is 5.56 Å². The number of hydrogen-bond acceptors (Lipinski definition) is 4. The summed E-state index contributed by atoms with van der Waals surface area (Å²) in [4.78, 5) is 19.6. The van der Waals surface area contributed by atoms with Crippen molar-refractivity contribution in [2.75, 3.05) is 0 Å². The van der Waals surface area contributed by atoms with Crippen molar-refractivity contribution in [1.29, 1.82) is 0 Å². The van der Waals surface area contributed by atoms with Crippen LogP contribution >= 0.6 is 0 Å². The van der Waals surface area contributed by atoms with E-state index in [1.165, 1.54) is 6.20 Å². The number of nitrogens with zero attached hydrogens (tertiary/aromatic N) is 3. The van der Waals surface area contributed by atoms with E-state index in [0.717, 1.165) is 30.2 Å². The summed E-state index contributed by atoms with van der Waals surface area (Å²) in [5.74, 6) is 1.48. The predicted molar refractivity (Wildman–Crippen MR) is 62.8 cm³/mol. The Morgan fingerprint density at radius 2 is 2.29 bits per heavy atom. The molecule has 0 spiro atoms. The highest BCUT2D eigenvalue weighted by Gasteiger charge is 2.09. The number of aryl methyl sites for hydroxylation is 2. The molecule has 0 bridgehead atoms. The van der Waals surface area contributed by atoms with Gasteiger partial charge >= 0.3 is 0 Å². The highest BCUT2D eigenvalue weighted by Crippen LogP contribution is 2.12. The van der Waals surface area contributed by atoms with Gasteiger partial charge in [0.1, 0.15) is 5.76 Å². The first-order chi connectivity index (χ1) is 8.20. The predicted octanol–water partition coefficient (Wildman–Crippen LogP) is 1.54.